The van der Waals surface area contributed by atoms with E-state index in [2.05, 4.69) is 61.2 Å². The molecule has 110 valence electrons. The van der Waals surface area contributed by atoms with Crippen molar-refractivity contribution in [2.75, 3.05) is 5.73 Å². The average Bonchev–Trinajstić information content (AvgIpc) is 2.89. The normalized spacial score (nSPS) is 11.9. The molecule has 0 saturated carbocycles. The van der Waals surface area contributed by atoms with Crippen molar-refractivity contribution in [3.63, 3.8) is 0 Å². The number of fused-ring (bicyclic) bond motifs is 3. The Morgan fingerprint density at radius 2 is 1.70 bits per heavy atom. The quantitative estimate of drug-likeness (QED) is 0.351. The van der Waals surface area contributed by atoms with Crippen molar-refractivity contribution in [3.8, 4) is 11.1 Å². The van der Waals surface area contributed by atoms with Crippen molar-refractivity contribution in [2.45, 2.75) is 6.42 Å². The summed E-state index contributed by atoms with van der Waals surface area (Å²) in [5, 5.41) is 0. The van der Waals surface area contributed by atoms with Crippen molar-refractivity contribution < 1.29 is 0 Å². The molecule has 0 unspecified atom stereocenters. The molecule has 0 amide bonds. The molecule has 3 aromatic rings. The SMILES string of the molecule is C=CCc1ccc2c(c1)-c1ccccc1B2c1cccc(N)c1. The topological polar surface area (TPSA) is 26.0 Å². The highest BCUT2D eigenvalue weighted by Gasteiger charge is 2.32. The number of benzene rings is 3. The van der Waals surface area contributed by atoms with E-state index < -0.39 is 0 Å². The van der Waals surface area contributed by atoms with E-state index in [1.54, 1.807) is 0 Å². The second kappa shape index (κ2) is 5.47. The van der Waals surface area contributed by atoms with Gasteiger partial charge in [0.05, 0.1) is 0 Å². The predicted molar refractivity (Wildman–Crippen MR) is 101 cm³/mol. The highest BCUT2D eigenvalue weighted by atomic mass is 14.5. The summed E-state index contributed by atoms with van der Waals surface area (Å²) in [7, 11) is 0. The molecular formula is C21H18BN. The van der Waals surface area contributed by atoms with Gasteiger partial charge in [-0.1, -0.05) is 77.1 Å². The Bertz CT molecular complexity index is 898. The number of hydrogen-bond donors (Lipinski definition) is 1. The van der Waals surface area contributed by atoms with Crippen LogP contribution in [0.15, 0.2) is 79.4 Å². The third-order valence-corrected chi connectivity index (χ3v) is 4.61. The minimum Gasteiger partial charge on any atom is -0.399 e. The first-order valence-electron chi connectivity index (χ1n) is 7.96. The average molecular weight is 295 g/mol. The second-order valence-corrected chi connectivity index (χ2v) is 6.10. The van der Waals surface area contributed by atoms with Gasteiger partial charge in [0.15, 0.2) is 0 Å². The molecule has 0 aromatic heterocycles. The van der Waals surface area contributed by atoms with Gasteiger partial charge in [-0.25, -0.2) is 0 Å². The Morgan fingerprint density at radius 1 is 0.870 bits per heavy atom. The maximum absolute atomic E-state index is 6.02. The van der Waals surface area contributed by atoms with Crippen molar-refractivity contribution in [2.24, 2.45) is 0 Å². The molecule has 2 heteroatoms. The van der Waals surface area contributed by atoms with Crippen LogP contribution >= 0.6 is 0 Å². The fourth-order valence-corrected chi connectivity index (χ4v) is 3.64. The third kappa shape index (κ3) is 2.27. The van der Waals surface area contributed by atoms with Gasteiger partial charge in [-0.3, -0.25) is 0 Å². The summed E-state index contributed by atoms with van der Waals surface area (Å²) in [4.78, 5) is 0. The number of nitrogen functional groups attached to an aromatic ring is 1. The number of anilines is 1. The molecule has 0 atom stereocenters. The maximum atomic E-state index is 6.02. The lowest BCUT2D eigenvalue weighted by molar-refractivity contribution is 1.28. The van der Waals surface area contributed by atoms with Gasteiger partial charge < -0.3 is 5.73 Å². The Balaban J connectivity index is 1.94. The van der Waals surface area contributed by atoms with Gasteiger partial charge in [0.25, 0.3) is 0 Å². The van der Waals surface area contributed by atoms with Crippen molar-refractivity contribution >= 4 is 28.8 Å². The van der Waals surface area contributed by atoms with Gasteiger partial charge in [-0.2, -0.15) is 0 Å². The predicted octanol–water partition coefficient (Wildman–Crippen LogP) is 2.49. The van der Waals surface area contributed by atoms with Gasteiger partial charge in [-0.05, 0) is 35.2 Å². The molecule has 0 aliphatic carbocycles. The second-order valence-electron chi connectivity index (χ2n) is 6.10. The maximum Gasteiger partial charge on any atom is 0.242 e. The van der Waals surface area contributed by atoms with E-state index in [0.29, 0.717) is 0 Å². The zero-order valence-electron chi connectivity index (χ0n) is 13.0. The molecule has 0 radical (unpaired) electrons. The highest BCUT2D eigenvalue weighted by molar-refractivity contribution is 6.99. The van der Waals surface area contributed by atoms with Crippen LogP contribution < -0.4 is 22.1 Å². The van der Waals surface area contributed by atoms with E-state index in [4.69, 9.17) is 5.73 Å². The van der Waals surface area contributed by atoms with Crippen molar-refractivity contribution in [1.82, 2.24) is 0 Å². The van der Waals surface area contributed by atoms with Crippen LogP contribution in [0.1, 0.15) is 5.56 Å². The van der Waals surface area contributed by atoms with Crippen LogP contribution in [-0.4, -0.2) is 6.71 Å². The molecule has 1 aliphatic rings. The highest BCUT2D eigenvalue weighted by Crippen LogP contribution is 2.24. The summed E-state index contributed by atoms with van der Waals surface area (Å²) in [5.74, 6) is 0. The lowest BCUT2D eigenvalue weighted by atomic mass is 9.39. The van der Waals surface area contributed by atoms with Gasteiger partial charge in [-0.15, -0.1) is 6.58 Å². The van der Waals surface area contributed by atoms with Gasteiger partial charge in [0.2, 0.25) is 6.71 Å². The Kier molecular flexibility index (Phi) is 3.31. The van der Waals surface area contributed by atoms with E-state index in [0.717, 1.165) is 12.1 Å². The monoisotopic (exact) mass is 295 g/mol. The number of nitrogens with two attached hydrogens (primary N) is 1. The summed E-state index contributed by atoms with van der Waals surface area (Å²) in [6.45, 7) is 4.12. The molecule has 0 bridgehead atoms. The van der Waals surface area contributed by atoms with E-state index >= 15 is 0 Å². The number of rotatable bonds is 3. The van der Waals surface area contributed by atoms with Crippen LogP contribution in [0.5, 0.6) is 0 Å². The van der Waals surface area contributed by atoms with Crippen LogP contribution in [0.4, 0.5) is 5.69 Å². The van der Waals surface area contributed by atoms with Crippen LogP contribution in [-0.2, 0) is 6.42 Å². The Hall–Kier alpha value is -2.74. The molecule has 0 spiro atoms. The van der Waals surface area contributed by atoms with E-state index in [1.165, 1.54) is 33.1 Å². The molecule has 0 fully saturated rings. The van der Waals surface area contributed by atoms with Gasteiger partial charge >= 0.3 is 0 Å². The van der Waals surface area contributed by atoms with Crippen molar-refractivity contribution in [1.29, 1.82) is 0 Å². The van der Waals surface area contributed by atoms with Crippen LogP contribution in [0.25, 0.3) is 11.1 Å². The largest absolute Gasteiger partial charge is 0.399 e. The van der Waals surface area contributed by atoms with Gasteiger partial charge in [0, 0.05) is 5.69 Å². The first kappa shape index (κ1) is 13.9. The third-order valence-electron chi connectivity index (χ3n) is 4.61. The van der Waals surface area contributed by atoms with E-state index in [1.807, 2.05) is 18.2 Å². The van der Waals surface area contributed by atoms with Crippen LogP contribution in [0.3, 0.4) is 0 Å². The molecular weight excluding hydrogens is 277 g/mol. The number of hydrogen-bond acceptors (Lipinski definition) is 1. The standard InChI is InChI=1S/C21H18BN/c1-2-6-15-11-12-21-19(13-15)18-9-3-4-10-20(18)22(21)16-7-5-8-17(23)14-16/h2-5,7-14H,1,6,23H2. The molecule has 1 heterocycles. The Labute approximate surface area is 137 Å². The number of allylic oxidation sites excluding steroid dienone is 1. The molecule has 23 heavy (non-hydrogen) atoms. The van der Waals surface area contributed by atoms with E-state index in [-0.39, 0.29) is 6.71 Å². The molecule has 4 rings (SSSR count). The summed E-state index contributed by atoms with van der Waals surface area (Å²) < 4.78 is 0. The molecule has 3 aromatic carbocycles. The summed E-state index contributed by atoms with van der Waals surface area (Å²) in [5.41, 5.74) is 14.8. The van der Waals surface area contributed by atoms with E-state index in [9.17, 15) is 0 Å². The molecule has 0 saturated heterocycles. The summed E-state index contributed by atoms with van der Waals surface area (Å²) in [6, 6.07) is 23.7. The molecule has 1 aliphatic heterocycles. The Morgan fingerprint density at radius 3 is 2.52 bits per heavy atom. The smallest absolute Gasteiger partial charge is 0.242 e. The zero-order valence-corrected chi connectivity index (χ0v) is 13.0. The first-order valence-corrected chi connectivity index (χ1v) is 7.96. The van der Waals surface area contributed by atoms with Crippen LogP contribution in [0.2, 0.25) is 0 Å². The molecule has 1 nitrogen and oxygen atoms in total. The zero-order chi connectivity index (χ0) is 15.8. The minimum atomic E-state index is 0.266. The first-order chi connectivity index (χ1) is 11.3. The summed E-state index contributed by atoms with van der Waals surface area (Å²) in [6.07, 6.45) is 2.86. The molecule has 2 N–H and O–H groups in total. The fourth-order valence-electron chi connectivity index (χ4n) is 3.64. The minimum absolute atomic E-state index is 0.266. The summed E-state index contributed by atoms with van der Waals surface area (Å²) >= 11 is 0. The lowest BCUT2D eigenvalue weighted by Gasteiger charge is -2.11. The van der Waals surface area contributed by atoms with Crippen molar-refractivity contribution in [3.05, 3.63) is 84.9 Å². The fraction of sp³-hybridized carbons (Fsp3) is 0.0476. The lowest BCUT2D eigenvalue weighted by Crippen LogP contribution is -2.48. The van der Waals surface area contributed by atoms with Crippen LogP contribution in [0, 0.1) is 0 Å². The van der Waals surface area contributed by atoms with Gasteiger partial charge in [0.1, 0.15) is 0 Å².